The number of likely N-dealkylation sites (tertiary alicyclic amines) is 1. The van der Waals surface area contributed by atoms with Crippen molar-refractivity contribution < 1.29 is 19.2 Å². The van der Waals surface area contributed by atoms with Crippen LogP contribution in [-0.2, 0) is 14.4 Å². The molecule has 0 unspecified atom stereocenters. The van der Waals surface area contributed by atoms with Crippen molar-refractivity contribution >= 4 is 23.4 Å². The molecule has 8 heteroatoms. The van der Waals surface area contributed by atoms with Gasteiger partial charge < -0.3 is 20.8 Å². The van der Waals surface area contributed by atoms with Crippen molar-refractivity contribution in [3.8, 4) is 11.1 Å². The number of carbonyl (C=O) groups is 3. The standard InChI is InChI=1S/C29H36N4O4/c1-18-7-6-8-19(2)27(18)20-11-13-21(14-12-20)29(36)33-17-22(32-37-3)15-23(33)16-26(34)31-25-10-5-4-9-24(25)28(30)35/h6-8,11-14,23-25H,4-5,9-10,15-17H2,1-3H3,(H2,30,35)(H,31,34)/t23-,24-,25+/m0/s1. The fourth-order valence-electron chi connectivity index (χ4n) is 5.73. The van der Waals surface area contributed by atoms with E-state index in [9.17, 15) is 14.4 Å². The molecule has 37 heavy (non-hydrogen) atoms. The fourth-order valence-corrected chi connectivity index (χ4v) is 5.73. The Kier molecular flexibility index (Phi) is 8.26. The van der Waals surface area contributed by atoms with Crippen molar-refractivity contribution in [2.75, 3.05) is 13.7 Å². The molecule has 2 aromatic rings. The highest BCUT2D eigenvalue weighted by Gasteiger charge is 2.37. The van der Waals surface area contributed by atoms with E-state index >= 15 is 0 Å². The molecule has 0 aromatic heterocycles. The number of carbonyl (C=O) groups excluding carboxylic acids is 3. The van der Waals surface area contributed by atoms with Gasteiger partial charge in [-0.25, -0.2) is 0 Å². The Morgan fingerprint density at radius 1 is 1.05 bits per heavy atom. The largest absolute Gasteiger partial charge is 0.399 e. The van der Waals surface area contributed by atoms with Crippen molar-refractivity contribution in [3.05, 3.63) is 59.2 Å². The summed E-state index contributed by atoms with van der Waals surface area (Å²) < 4.78 is 0. The zero-order chi connectivity index (χ0) is 26.5. The molecule has 196 valence electrons. The predicted octanol–water partition coefficient (Wildman–Crippen LogP) is 3.74. The molecule has 3 amide bonds. The first kappa shape index (κ1) is 26.4. The van der Waals surface area contributed by atoms with Gasteiger partial charge in [-0.2, -0.15) is 0 Å². The molecule has 0 spiro atoms. The van der Waals surface area contributed by atoms with Gasteiger partial charge in [0.05, 0.1) is 18.2 Å². The molecule has 2 aliphatic rings. The van der Waals surface area contributed by atoms with Crippen LogP contribution in [0.2, 0.25) is 0 Å². The van der Waals surface area contributed by atoms with E-state index in [1.54, 1.807) is 4.90 Å². The molecule has 1 heterocycles. The maximum absolute atomic E-state index is 13.5. The van der Waals surface area contributed by atoms with Gasteiger partial charge >= 0.3 is 0 Å². The molecule has 3 N–H and O–H groups in total. The monoisotopic (exact) mass is 504 g/mol. The lowest BCUT2D eigenvalue weighted by Gasteiger charge is -2.31. The number of hydrogen-bond donors (Lipinski definition) is 2. The SMILES string of the molecule is CON=C1C[C@@H](CC(=O)N[C@@H]2CCCC[C@@H]2C(N)=O)N(C(=O)c2ccc(-c3c(C)cccc3C)cc2)C1. The van der Waals surface area contributed by atoms with Gasteiger partial charge in [-0.15, -0.1) is 0 Å². The molecule has 8 nitrogen and oxygen atoms in total. The normalized spacial score (nSPS) is 22.6. The van der Waals surface area contributed by atoms with Crippen molar-refractivity contribution in [2.45, 2.75) is 64.5 Å². The maximum Gasteiger partial charge on any atom is 0.254 e. The van der Waals surface area contributed by atoms with Gasteiger partial charge in [0.25, 0.3) is 5.91 Å². The van der Waals surface area contributed by atoms with Gasteiger partial charge in [-0.3, -0.25) is 14.4 Å². The predicted molar refractivity (Wildman–Crippen MR) is 143 cm³/mol. The topological polar surface area (TPSA) is 114 Å². The quantitative estimate of drug-likeness (QED) is 0.559. The Bertz CT molecular complexity index is 1170. The van der Waals surface area contributed by atoms with Gasteiger partial charge in [0.1, 0.15) is 7.11 Å². The number of hydrogen-bond acceptors (Lipinski definition) is 5. The lowest BCUT2D eigenvalue weighted by molar-refractivity contribution is -0.126. The molecule has 3 atom stereocenters. The van der Waals surface area contributed by atoms with Crippen LogP contribution in [0, 0.1) is 19.8 Å². The van der Waals surface area contributed by atoms with Crippen LogP contribution in [0.4, 0.5) is 0 Å². The number of amides is 3. The van der Waals surface area contributed by atoms with E-state index < -0.39 is 0 Å². The van der Waals surface area contributed by atoms with E-state index in [1.807, 2.05) is 30.3 Å². The third kappa shape index (κ3) is 6.01. The van der Waals surface area contributed by atoms with E-state index in [2.05, 4.69) is 36.5 Å². The molecule has 1 saturated heterocycles. The van der Waals surface area contributed by atoms with Crippen LogP contribution in [0.1, 0.15) is 60.0 Å². The van der Waals surface area contributed by atoms with Crippen molar-refractivity contribution in [2.24, 2.45) is 16.8 Å². The zero-order valence-corrected chi connectivity index (χ0v) is 21.8. The van der Waals surface area contributed by atoms with Gasteiger partial charge in [-0.1, -0.05) is 48.3 Å². The number of nitrogens with zero attached hydrogens (tertiary/aromatic N) is 2. The number of primary amides is 1. The number of nitrogens with one attached hydrogen (secondary N) is 1. The summed E-state index contributed by atoms with van der Waals surface area (Å²) in [5.74, 6) is -1.06. The number of oxime groups is 1. The first-order valence-electron chi connectivity index (χ1n) is 12.9. The van der Waals surface area contributed by atoms with Gasteiger partial charge in [-0.05, 0) is 61.1 Å². The van der Waals surface area contributed by atoms with Crippen LogP contribution in [0.5, 0.6) is 0 Å². The minimum Gasteiger partial charge on any atom is -0.399 e. The fraction of sp³-hybridized carbons (Fsp3) is 0.448. The first-order chi connectivity index (χ1) is 17.8. The Balaban J connectivity index is 1.49. The van der Waals surface area contributed by atoms with E-state index in [4.69, 9.17) is 10.6 Å². The Morgan fingerprint density at radius 3 is 2.38 bits per heavy atom. The van der Waals surface area contributed by atoms with E-state index in [-0.39, 0.29) is 42.1 Å². The maximum atomic E-state index is 13.5. The number of aryl methyl sites for hydroxylation is 2. The van der Waals surface area contributed by atoms with Crippen LogP contribution >= 0.6 is 0 Å². The Hall–Kier alpha value is -3.68. The van der Waals surface area contributed by atoms with E-state index in [0.29, 0.717) is 30.7 Å². The average Bonchev–Trinajstić information content (AvgIpc) is 3.26. The van der Waals surface area contributed by atoms with E-state index in [1.165, 1.54) is 23.8 Å². The second-order valence-corrected chi connectivity index (χ2v) is 10.1. The highest BCUT2D eigenvalue weighted by molar-refractivity contribution is 6.01. The summed E-state index contributed by atoms with van der Waals surface area (Å²) in [6, 6.07) is 13.2. The van der Waals surface area contributed by atoms with Crippen LogP contribution in [0.3, 0.4) is 0 Å². The minimum absolute atomic E-state index is 0.122. The summed E-state index contributed by atoms with van der Waals surface area (Å²) in [5, 5.41) is 7.07. The van der Waals surface area contributed by atoms with Crippen molar-refractivity contribution in [1.82, 2.24) is 10.2 Å². The smallest absolute Gasteiger partial charge is 0.254 e. The molecule has 2 aromatic carbocycles. The summed E-state index contributed by atoms with van der Waals surface area (Å²) in [5.41, 5.74) is 11.4. The summed E-state index contributed by atoms with van der Waals surface area (Å²) in [6.45, 7) is 4.46. The van der Waals surface area contributed by atoms with Crippen molar-refractivity contribution in [1.29, 1.82) is 0 Å². The summed E-state index contributed by atoms with van der Waals surface area (Å²) in [4.78, 5) is 45.0. The Morgan fingerprint density at radius 2 is 1.73 bits per heavy atom. The summed E-state index contributed by atoms with van der Waals surface area (Å²) >= 11 is 0. The number of nitrogens with two attached hydrogens (primary N) is 1. The molecular weight excluding hydrogens is 468 g/mol. The lowest BCUT2D eigenvalue weighted by atomic mass is 9.84. The third-order valence-electron chi connectivity index (χ3n) is 7.55. The van der Waals surface area contributed by atoms with Crippen LogP contribution in [0.15, 0.2) is 47.6 Å². The molecule has 1 aliphatic carbocycles. The second kappa shape index (κ2) is 11.6. The Labute approximate surface area is 218 Å². The van der Waals surface area contributed by atoms with Gasteiger partial charge in [0.2, 0.25) is 11.8 Å². The molecule has 0 bridgehead atoms. The van der Waals surface area contributed by atoms with Crippen LogP contribution in [-0.4, -0.2) is 54.1 Å². The summed E-state index contributed by atoms with van der Waals surface area (Å²) in [7, 11) is 1.47. The lowest BCUT2D eigenvalue weighted by Crippen LogP contribution is -2.48. The van der Waals surface area contributed by atoms with Gasteiger partial charge in [0, 0.05) is 30.5 Å². The average molecular weight is 505 g/mol. The number of rotatable bonds is 7. The zero-order valence-electron chi connectivity index (χ0n) is 21.8. The molecule has 4 rings (SSSR count). The third-order valence-corrected chi connectivity index (χ3v) is 7.55. The first-order valence-corrected chi connectivity index (χ1v) is 12.9. The molecule has 1 aliphatic heterocycles. The molecule has 2 fully saturated rings. The van der Waals surface area contributed by atoms with Crippen LogP contribution < -0.4 is 11.1 Å². The van der Waals surface area contributed by atoms with Crippen molar-refractivity contribution in [3.63, 3.8) is 0 Å². The van der Waals surface area contributed by atoms with Gasteiger partial charge in [0.15, 0.2) is 0 Å². The second-order valence-electron chi connectivity index (χ2n) is 10.1. The number of benzene rings is 2. The minimum atomic E-state index is -0.374. The van der Waals surface area contributed by atoms with E-state index in [0.717, 1.165) is 24.8 Å². The highest BCUT2D eigenvalue weighted by Crippen LogP contribution is 2.29. The van der Waals surface area contributed by atoms with Crippen LogP contribution in [0.25, 0.3) is 11.1 Å². The summed E-state index contributed by atoms with van der Waals surface area (Å²) in [6.07, 6.45) is 3.89. The molecule has 1 saturated carbocycles. The molecule has 0 radical (unpaired) electrons. The highest BCUT2D eigenvalue weighted by atomic mass is 16.6. The molecular formula is C29H36N4O4.